The first kappa shape index (κ1) is 15.5. The number of carboxylic acid groups (broad SMARTS) is 1. The van der Waals surface area contributed by atoms with Gasteiger partial charge in [0.1, 0.15) is 0 Å². The highest BCUT2D eigenvalue weighted by molar-refractivity contribution is 5.73. The first-order valence-electron chi connectivity index (χ1n) is 7.30. The van der Waals surface area contributed by atoms with Crippen LogP contribution >= 0.6 is 0 Å². The lowest BCUT2D eigenvalue weighted by molar-refractivity contribution is -0.147. The zero-order valence-corrected chi connectivity index (χ0v) is 12.4. The molecular formula is C15H29NO2. The first-order chi connectivity index (χ1) is 8.36. The molecule has 0 amide bonds. The molecule has 1 aliphatic rings. The van der Waals surface area contributed by atoms with E-state index in [2.05, 4.69) is 18.9 Å². The summed E-state index contributed by atoms with van der Waals surface area (Å²) in [6.45, 7) is 6.80. The minimum Gasteiger partial charge on any atom is -0.481 e. The number of carboxylic acids is 1. The predicted octanol–water partition coefficient (Wildman–Crippen LogP) is 3.39. The van der Waals surface area contributed by atoms with Crippen molar-refractivity contribution in [1.82, 2.24) is 4.90 Å². The summed E-state index contributed by atoms with van der Waals surface area (Å²) in [7, 11) is 2.15. The lowest BCUT2D eigenvalue weighted by atomic mass is 9.83. The second-order valence-electron chi connectivity index (χ2n) is 6.50. The number of hydrogen-bond acceptors (Lipinski definition) is 2. The number of carbonyl (C=O) groups is 1. The molecule has 0 aromatic heterocycles. The van der Waals surface area contributed by atoms with E-state index >= 15 is 0 Å². The van der Waals surface area contributed by atoms with E-state index in [1.54, 1.807) is 0 Å². The Morgan fingerprint density at radius 1 is 1.28 bits per heavy atom. The molecule has 0 saturated heterocycles. The van der Waals surface area contributed by atoms with E-state index in [0.29, 0.717) is 6.04 Å². The molecule has 0 aromatic rings. The van der Waals surface area contributed by atoms with Crippen molar-refractivity contribution in [3.05, 3.63) is 0 Å². The van der Waals surface area contributed by atoms with E-state index in [9.17, 15) is 4.79 Å². The SMILES string of the molecule is CCC1CCC(N(C)CCC(C)(C)C(=O)O)CC1. The van der Waals surface area contributed by atoms with Crippen molar-refractivity contribution in [3.63, 3.8) is 0 Å². The molecule has 0 bridgehead atoms. The monoisotopic (exact) mass is 255 g/mol. The van der Waals surface area contributed by atoms with Crippen molar-refractivity contribution in [3.8, 4) is 0 Å². The van der Waals surface area contributed by atoms with Gasteiger partial charge in [-0.3, -0.25) is 4.79 Å². The Morgan fingerprint density at radius 3 is 2.28 bits per heavy atom. The van der Waals surface area contributed by atoms with E-state index < -0.39 is 11.4 Å². The molecule has 1 N–H and O–H groups in total. The molecule has 0 spiro atoms. The van der Waals surface area contributed by atoms with Crippen LogP contribution in [-0.2, 0) is 4.79 Å². The summed E-state index contributed by atoms with van der Waals surface area (Å²) in [5.41, 5.74) is -0.602. The van der Waals surface area contributed by atoms with Gasteiger partial charge in [0.15, 0.2) is 0 Å². The molecule has 1 rings (SSSR count). The average Bonchev–Trinajstić information content (AvgIpc) is 2.36. The van der Waals surface area contributed by atoms with Gasteiger partial charge in [-0.05, 0) is 65.5 Å². The van der Waals surface area contributed by atoms with Crippen molar-refractivity contribution < 1.29 is 9.90 Å². The van der Waals surface area contributed by atoms with Crippen LogP contribution in [0.1, 0.15) is 59.3 Å². The molecule has 0 radical (unpaired) electrons. The Hall–Kier alpha value is -0.570. The summed E-state index contributed by atoms with van der Waals surface area (Å²) >= 11 is 0. The molecule has 0 aliphatic heterocycles. The van der Waals surface area contributed by atoms with Crippen LogP contribution in [0.5, 0.6) is 0 Å². The van der Waals surface area contributed by atoms with Gasteiger partial charge in [-0.25, -0.2) is 0 Å². The zero-order chi connectivity index (χ0) is 13.8. The van der Waals surface area contributed by atoms with E-state index in [1.807, 2.05) is 13.8 Å². The minimum atomic E-state index is -0.689. The smallest absolute Gasteiger partial charge is 0.309 e. The molecule has 18 heavy (non-hydrogen) atoms. The van der Waals surface area contributed by atoms with Crippen LogP contribution < -0.4 is 0 Å². The van der Waals surface area contributed by atoms with E-state index in [4.69, 9.17) is 5.11 Å². The summed E-state index contributed by atoms with van der Waals surface area (Å²) in [5.74, 6) is 0.232. The van der Waals surface area contributed by atoms with E-state index in [0.717, 1.165) is 18.9 Å². The molecule has 0 atom stereocenters. The fourth-order valence-corrected chi connectivity index (χ4v) is 2.74. The molecule has 0 heterocycles. The number of rotatable bonds is 6. The first-order valence-corrected chi connectivity index (χ1v) is 7.30. The Labute approximate surface area is 112 Å². The summed E-state index contributed by atoms with van der Waals surface area (Å²) in [5, 5.41) is 9.11. The molecule has 3 heteroatoms. The van der Waals surface area contributed by atoms with Crippen molar-refractivity contribution in [2.75, 3.05) is 13.6 Å². The molecule has 1 saturated carbocycles. The van der Waals surface area contributed by atoms with Crippen molar-refractivity contribution >= 4 is 5.97 Å². The van der Waals surface area contributed by atoms with Crippen LogP contribution in [0.3, 0.4) is 0 Å². The molecule has 3 nitrogen and oxygen atoms in total. The van der Waals surface area contributed by atoms with Crippen LogP contribution in [-0.4, -0.2) is 35.6 Å². The summed E-state index contributed by atoms with van der Waals surface area (Å²) in [6, 6.07) is 0.664. The maximum atomic E-state index is 11.1. The third-order valence-electron chi connectivity index (χ3n) is 4.69. The zero-order valence-electron chi connectivity index (χ0n) is 12.4. The van der Waals surface area contributed by atoms with Gasteiger partial charge in [0.05, 0.1) is 5.41 Å². The highest BCUT2D eigenvalue weighted by atomic mass is 16.4. The van der Waals surface area contributed by atoms with Gasteiger partial charge in [0.2, 0.25) is 0 Å². The van der Waals surface area contributed by atoms with Gasteiger partial charge in [-0.15, -0.1) is 0 Å². The molecule has 1 aliphatic carbocycles. The highest BCUT2D eigenvalue weighted by Gasteiger charge is 2.29. The Morgan fingerprint density at radius 2 is 1.83 bits per heavy atom. The van der Waals surface area contributed by atoms with Gasteiger partial charge < -0.3 is 10.0 Å². The third kappa shape index (κ3) is 4.27. The maximum absolute atomic E-state index is 11.1. The maximum Gasteiger partial charge on any atom is 0.309 e. The van der Waals surface area contributed by atoms with Crippen molar-refractivity contribution in [1.29, 1.82) is 0 Å². The van der Waals surface area contributed by atoms with Crippen LogP contribution in [0.25, 0.3) is 0 Å². The fourth-order valence-electron chi connectivity index (χ4n) is 2.74. The molecule has 106 valence electrons. The van der Waals surface area contributed by atoms with Crippen LogP contribution in [0.4, 0.5) is 0 Å². The highest BCUT2D eigenvalue weighted by Crippen LogP contribution is 2.30. The van der Waals surface area contributed by atoms with Crippen LogP contribution in [0.2, 0.25) is 0 Å². The van der Waals surface area contributed by atoms with Gasteiger partial charge in [-0.2, -0.15) is 0 Å². The normalized spacial score (nSPS) is 25.4. The van der Waals surface area contributed by atoms with Crippen LogP contribution in [0, 0.1) is 11.3 Å². The van der Waals surface area contributed by atoms with Crippen LogP contribution in [0.15, 0.2) is 0 Å². The third-order valence-corrected chi connectivity index (χ3v) is 4.69. The summed E-state index contributed by atoms with van der Waals surface area (Å²) in [4.78, 5) is 13.4. The number of aliphatic carboxylic acids is 1. The standard InChI is InChI=1S/C15H29NO2/c1-5-12-6-8-13(9-7-12)16(4)11-10-15(2,3)14(17)18/h12-13H,5-11H2,1-4H3,(H,17,18). The van der Waals surface area contributed by atoms with Gasteiger partial charge in [0.25, 0.3) is 0 Å². The summed E-state index contributed by atoms with van der Waals surface area (Å²) in [6.07, 6.45) is 7.28. The minimum absolute atomic E-state index is 0.602. The van der Waals surface area contributed by atoms with Gasteiger partial charge in [-0.1, -0.05) is 13.3 Å². The molecule has 0 aromatic carbocycles. The Bertz CT molecular complexity index is 268. The number of nitrogens with zero attached hydrogens (tertiary/aromatic N) is 1. The van der Waals surface area contributed by atoms with Crippen molar-refractivity contribution in [2.24, 2.45) is 11.3 Å². The van der Waals surface area contributed by atoms with E-state index in [-0.39, 0.29) is 0 Å². The summed E-state index contributed by atoms with van der Waals surface area (Å²) < 4.78 is 0. The van der Waals surface area contributed by atoms with Crippen molar-refractivity contribution in [2.45, 2.75) is 65.3 Å². The average molecular weight is 255 g/mol. The lowest BCUT2D eigenvalue weighted by Gasteiger charge is -2.35. The Kier molecular flexibility index (Phi) is 5.64. The van der Waals surface area contributed by atoms with Gasteiger partial charge >= 0.3 is 5.97 Å². The lowest BCUT2D eigenvalue weighted by Crippen LogP contribution is -2.38. The Balaban J connectivity index is 2.33. The molecule has 1 fully saturated rings. The fraction of sp³-hybridized carbons (Fsp3) is 0.933. The quantitative estimate of drug-likeness (QED) is 0.791. The van der Waals surface area contributed by atoms with Gasteiger partial charge in [0, 0.05) is 6.04 Å². The second kappa shape index (κ2) is 6.55. The topological polar surface area (TPSA) is 40.5 Å². The predicted molar refractivity (Wildman–Crippen MR) is 74.7 cm³/mol. The molecule has 0 unspecified atom stereocenters. The largest absolute Gasteiger partial charge is 0.481 e. The second-order valence-corrected chi connectivity index (χ2v) is 6.50. The number of hydrogen-bond donors (Lipinski definition) is 1. The van der Waals surface area contributed by atoms with E-state index in [1.165, 1.54) is 32.1 Å². The molecular weight excluding hydrogens is 226 g/mol.